The van der Waals surface area contributed by atoms with Crippen LogP contribution in [-0.2, 0) is 4.79 Å². The molecule has 22 heavy (non-hydrogen) atoms. The van der Waals surface area contributed by atoms with Crippen molar-refractivity contribution in [3.8, 4) is 11.5 Å². The first-order valence-corrected chi connectivity index (χ1v) is 6.66. The first kappa shape index (κ1) is 14.2. The summed E-state index contributed by atoms with van der Waals surface area (Å²) in [4.78, 5) is 23.6. The van der Waals surface area contributed by atoms with Gasteiger partial charge in [-0.2, -0.15) is 0 Å². The number of carbonyl (C=O) groups excluding carboxylic acids is 1. The quantitative estimate of drug-likeness (QED) is 0.737. The summed E-state index contributed by atoms with van der Waals surface area (Å²) in [5, 5.41) is 0.791. The van der Waals surface area contributed by atoms with E-state index in [1.165, 1.54) is 26.4 Å². The number of furan rings is 1. The summed E-state index contributed by atoms with van der Waals surface area (Å²) in [6.07, 6.45) is 1.46. The molecule has 2 aromatic heterocycles. The van der Waals surface area contributed by atoms with Crippen LogP contribution in [0, 0.1) is 6.92 Å². The Hall–Kier alpha value is -2.76. The lowest BCUT2D eigenvalue weighted by atomic mass is 10.1. The zero-order valence-electron chi connectivity index (χ0n) is 12.4. The Morgan fingerprint density at radius 2 is 2.05 bits per heavy atom. The number of methoxy groups -OCH3 is 1. The van der Waals surface area contributed by atoms with Gasteiger partial charge in [0.2, 0.25) is 5.75 Å². The molecular formula is C16H14O6. The van der Waals surface area contributed by atoms with Crippen molar-refractivity contribution in [2.45, 2.75) is 13.8 Å². The van der Waals surface area contributed by atoms with Crippen LogP contribution in [0.5, 0.6) is 11.5 Å². The molecule has 0 amide bonds. The zero-order chi connectivity index (χ0) is 15.9. The molecular weight excluding hydrogens is 288 g/mol. The highest BCUT2D eigenvalue weighted by Crippen LogP contribution is 2.42. The molecule has 0 radical (unpaired) electrons. The van der Waals surface area contributed by atoms with Gasteiger partial charge in [-0.3, -0.25) is 9.59 Å². The molecule has 3 aromatic rings. The largest absolute Gasteiger partial charge is 0.490 e. The van der Waals surface area contributed by atoms with Crippen LogP contribution in [0.2, 0.25) is 0 Å². The monoisotopic (exact) mass is 302 g/mol. The van der Waals surface area contributed by atoms with E-state index in [4.69, 9.17) is 18.3 Å². The lowest BCUT2D eigenvalue weighted by molar-refractivity contribution is -0.118. The van der Waals surface area contributed by atoms with Crippen LogP contribution in [-0.4, -0.2) is 19.5 Å². The average Bonchev–Trinajstić information content (AvgIpc) is 2.92. The maximum atomic E-state index is 12.4. The molecule has 0 atom stereocenters. The number of hydrogen-bond acceptors (Lipinski definition) is 6. The van der Waals surface area contributed by atoms with E-state index >= 15 is 0 Å². The lowest BCUT2D eigenvalue weighted by Gasteiger charge is -2.12. The van der Waals surface area contributed by atoms with Crippen molar-refractivity contribution in [3.05, 3.63) is 34.4 Å². The molecule has 6 heteroatoms. The minimum atomic E-state index is -0.265. The predicted octanol–water partition coefficient (Wildman–Crippen LogP) is 2.82. The fourth-order valence-electron chi connectivity index (χ4n) is 2.40. The van der Waals surface area contributed by atoms with Crippen molar-refractivity contribution in [1.82, 2.24) is 0 Å². The van der Waals surface area contributed by atoms with Crippen molar-refractivity contribution < 1.29 is 23.1 Å². The fraction of sp³-hybridized carbons (Fsp3) is 0.250. The summed E-state index contributed by atoms with van der Waals surface area (Å²) in [6.45, 7) is 2.93. The van der Waals surface area contributed by atoms with Gasteiger partial charge in [0.15, 0.2) is 22.4 Å². The normalized spacial score (nSPS) is 11.0. The second-order valence-corrected chi connectivity index (χ2v) is 4.94. The van der Waals surface area contributed by atoms with Crippen molar-refractivity contribution in [3.63, 3.8) is 0 Å². The van der Waals surface area contributed by atoms with Crippen molar-refractivity contribution >= 4 is 27.7 Å². The molecule has 3 rings (SSSR count). The lowest BCUT2D eigenvalue weighted by Crippen LogP contribution is -2.10. The zero-order valence-corrected chi connectivity index (χ0v) is 12.4. The number of fused-ring (bicyclic) bond motifs is 2. The van der Waals surface area contributed by atoms with Crippen LogP contribution in [0.4, 0.5) is 0 Å². The Morgan fingerprint density at radius 1 is 1.27 bits per heavy atom. The van der Waals surface area contributed by atoms with Crippen LogP contribution >= 0.6 is 0 Å². The van der Waals surface area contributed by atoms with E-state index in [1.807, 2.05) is 0 Å². The van der Waals surface area contributed by atoms with Gasteiger partial charge in [0, 0.05) is 6.07 Å². The maximum Gasteiger partial charge on any atom is 0.206 e. The molecule has 2 heterocycles. The van der Waals surface area contributed by atoms with Crippen molar-refractivity contribution in [2.75, 3.05) is 13.7 Å². The molecule has 0 N–H and O–H groups in total. The molecule has 0 aliphatic heterocycles. The third-order valence-corrected chi connectivity index (χ3v) is 3.24. The SMILES string of the molecule is COc1c2occc2c(OCC(C)=O)c2c(=O)cc(C)oc12. The molecule has 0 saturated carbocycles. The third kappa shape index (κ3) is 2.13. The second-order valence-electron chi connectivity index (χ2n) is 4.94. The Bertz CT molecular complexity index is 931. The molecule has 0 bridgehead atoms. The van der Waals surface area contributed by atoms with Gasteiger partial charge in [-0.1, -0.05) is 0 Å². The van der Waals surface area contributed by atoms with Gasteiger partial charge < -0.3 is 18.3 Å². The van der Waals surface area contributed by atoms with Gasteiger partial charge in [-0.15, -0.1) is 0 Å². The van der Waals surface area contributed by atoms with Gasteiger partial charge in [0.25, 0.3) is 0 Å². The molecule has 0 saturated heterocycles. The minimum Gasteiger partial charge on any atom is -0.490 e. The number of aryl methyl sites for hydroxylation is 1. The van der Waals surface area contributed by atoms with Gasteiger partial charge in [0.1, 0.15) is 23.5 Å². The Balaban J connectivity index is 2.46. The number of ketones is 1. The van der Waals surface area contributed by atoms with Crippen molar-refractivity contribution in [1.29, 1.82) is 0 Å². The molecule has 6 nitrogen and oxygen atoms in total. The first-order chi connectivity index (χ1) is 10.5. The average molecular weight is 302 g/mol. The van der Waals surface area contributed by atoms with Gasteiger partial charge in [-0.25, -0.2) is 0 Å². The molecule has 0 aliphatic carbocycles. The highest BCUT2D eigenvalue weighted by molar-refractivity contribution is 6.06. The molecule has 0 unspecified atom stereocenters. The molecule has 114 valence electrons. The van der Waals surface area contributed by atoms with E-state index in [2.05, 4.69) is 0 Å². The topological polar surface area (TPSA) is 78.9 Å². The molecule has 0 aliphatic rings. The molecule has 0 spiro atoms. The summed E-state index contributed by atoms with van der Waals surface area (Å²) < 4.78 is 22.0. The Labute approximate surface area is 125 Å². The van der Waals surface area contributed by atoms with E-state index in [0.717, 1.165) is 0 Å². The second kappa shape index (κ2) is 5.22. The third-order valence-electron chi connectivity index (χ3n) is 3.24. The summed E-state index contributed by atoms with van der Waals surface area (Å²) in [6, 6.07) is 3.03. The Kier molecular flexibility index (Phi) is 3.36. The van der Waals surface area contributed by atoms with E-state index in [1.54, 1.807) is 13.0 Å². The van der Waals surface area contributed by atoms with E-state index in [-0.39, 0.29) is 34.5 Å². The van der Waals surface area contributed by atoms with Gasteiger partial charge in [0.05, 0.1) is 18.8 Å². The Morgan fingerprint density at radius 3 is 2.73 bits per heavy atom. The predicted molar refractivity (Wildman–Crippen MR) is 79.7 cm³/mol. The number of benzene rings is 1. The van der Waals surface area contributed by atoms with Crippen LogP contribution in [0.1, 0.15) is 12.7 Å². The number of Topliss-reactive ketones (excluding diaryl/α,β-unsaturated/α-hetero) is 1. The maximum absolute atomic E-state index is 12.4. The van der Waals surface area contributed by atoms with Crippen LogP contribution in [0.3, 0.4) is 0 Å². The van der Waals surface area contributed by atoms with Gasteiger partial charge >= 0.3 is 0 Å². The van der Waals surface area contributed by atoms with Crippen LogP contribution in [0.25, 0.3) is 21.9 Å². The summed E-state index contributed by atoms with van der Waals surface area (Å²) in [5.41, 5.74) is 0.384. The summed E-state index contributed by atoms with van der Waals surface area (Å²) >= 11 is 0. The number of carbonyl (C=O) groups is 1. The van der Waals surface area contributed by atoms with E-state index < -0.39 is 0 Å². The smallest absolute Gasteiger partial charge is 0.206 e. The number of hydrogen-bond donors (Lipinski definition) is 0. The number of rotatable bonds is 4. The van der Waals surface area contributed by atoms with Crippen molar-refractivity contribution in [2.24, 2.45) is 0 Å². The molecule has 0 fully saturated rings. The summed E-state index contributed by atoms with van der Waals surface area (Å²) in [5.74, 6) is 0.880. The van der Waals surface area contributed by atoms with E-state index in [0.29, 0.717) is 22.5 Å². The fourth-order valence-corrected chi connectivity index (χ4v) is 2.40. The highest BCUT2D eigenvalue weighted by Gasteiger charge is 2.22. The highest BCUT2D eigenvalue weighted by atomic mass is 16.5. The molecule has 1 aromatic carbocycles. The first-order valence-electron chi connectivity index (χ1n) is 6.66. The van der Waals surface area contributed by atoms with Gasteiger partial charge in [-0.05, 0) is 19.9 Å². The number of ether oxygens (including phenoxy) is 2. The van der Waals surface area contributed by atoms with E-state index in [9.17, 15) is 9.59 Å². The van der Waals surface area contributed by atoms with Crippen LogP contribution < -0.4 is 14.9 Å². The summed E-state index contributed by atoms with van der Waals surface area (Å²) in [7, 11) is 1.47. The minimum absolute atomic E-state index is 0.144. The standard InChI is InChI=1S/C16H14O6/c1-8(17)7-21-13-10-4-5-20-14(10)16(19-3)15-12(13)11(18)6-9(2)22-15/h4-6H,7H2,1-3H3. The van der Waals surface area contributed by atoms with Crippen LogP contribution in [0.15, 0.2) is 32.0 Å².